The zero-order valence-corrected chi connectivity index (χ0v) is 9.02. The Morgan fingerprint density at radius 3 is 2.87 bits per heavy atom. The van der Waals surface area contributed by atoms with Crippen LogP contribution in [0.5, 0.6) is 0 Å². The van der Waals surface area contributed by atoms with E-state index in [4.69, 9.17) is 5.73 Å². The molecule has 1 rings (SSSR count). The summed E-state index contributed by atoms with van der Waals surface area (Å²) in [5, 5.41) is 13.8. The van der Waals surface area contributed by atoms with Crippen molar-refractivity contribution in [3.05, 3.63) is 17.5 Å². The maximum atomic E-state index is 11.2. The van der Waals surface area contributed by atoms with Gasteiger partial charge in [-0.1, -0.05) is 0 Å². The lowest BCUT2D eigenvalue weighted by Crippen LogP contribution is -2.33. The van der Waals surface area contributed by atoms with E-state index in [2.05, 4.69) is 9.84 Å². The fraction of sp³-hybridized carbons (Fsp3) is 0.556. The number of hydrogen-bond acceptors (Lipinski definition) is 5. The van der Waals surface area contributed by atoms with Crippen molar-refractivity contribution in [1.82, 2.24) is 9.78 Å². The minimum Gasteiger partial charge on any atom is -0.464 e. The number of aryl methyl sites for hydroxylation is 1. The van der Waals surface area contributed by atoms with Crippen molar-refractivity contribution in [2.24, 2.45) is 12.8 Å². The zero-order chi connectivity index (χ0) is 11.6. The Labute approximate surface area is 87.6 Å². The predicted octanol–water partition coefficient (Wildman–Crippen LogP) is -0.627. The lowest BCUT2D eigenvalue weighted by Gasteiger charge is -2.20. The van der Waals surface area contributed by atoms with Gasteiger partial charge in [0.1, 0.15) is 5.60 Å². The minimum absolute atomic E-state index is 0.0488. The Bertz CT molecular complexity index is 371. The largest absolute Gasteiger partial charge is 0.464 e. The number of carbonyl (C=O) groups excluding carboxylic acids is 1. The van der Waals surface area contributed by atoms with Crippen LogP contribution < -0.4 is 5.73 Å². The Hall–Kier alpha value is -1.40. The number of nitrogens with two attached hydrogens (primary N) is 1. The van der Waals surface area contributed by atoms with E-state index < -0.39 is 11.6 Å². The molecule has 0 aliphatic rings. The molecule has 3 N–H and O–H groups in total. The van der Waals surface area contributed by atoms with Gasteiger partial charge >= 0.3 is 5.97 Å². The van der Waals surface area contributed by atoms with E-state index in [0.29, 0.717) is 5.69 Å². The van der Waals surface area contributed by atoms with E-state index in [9.17, 15) is 9.90 Å². The van der Waals surface area contributed by atoms with Gasteiger partial charge in [0.15, 0.2) is 5.69 Å². The maximum Gasteiger partial charge on any atom is 0.358 e. The summed E-state index contributed by atoms with van der Waals surface area (Å²) in [6, 6.07) is 1.47. The lowest BCUT2D eigenvalue weighted by molar-refractivity contribution is 0.0580. The third-order valence-corrected chi connectivity index (χ3v) is 2.22. The molecule has 1 heterocycles. The molecular weight excluding hydrogens is 198 g/mol. The second-order valence-corrected chi connectivity index (χ2v) is 3.51. The van der Waals surface area contributed by atoms with Gasteiger partial charge in [-0.2, -0.15) is 5.10 Å². The van der Waals surface area contributed by atoms with Gasteiger partial charge in [-0.05, 0) is 13.0 Å². The molecule has 1 unspecified atom stereocenters. The van der Waals surface area contributed by atoms with Gasteiger partial charge in [-0.15, -0.1) is 0 Å². The number of methoxy groups -OCH3 is 1. The molecule has 0 saturated carbocycles. The third-order valence-electron chi connectivity index (χ3n) is 2.22. The zero-order valence-electron chi connectivity index (χ0n) is 9.02. The van der Waals surface area contributed by atoms with Crippen LogP contribution in [0.25, 0.3) is 0 Å². The first-order chi connectivity index (χ1) is 6.92. The van der Waals surface area contributed by atoms with Crippen molar-refractivity contribution in [1.29, 1.82) is 0 Å². The summed E-state index contributed by atoms with van der Waals surface area (Å²) in [6.45, 7) is 1.61. The molecule has 1 atom stereocenters. The van der Waals surface area contributed by atoms with Gasteiger partial charge in [0.25, 0.3) is 0 Å². The highest BCUT2D eigenvalue weighted by atomic mass is 16.5. The first-order valence-electron chi connectivity index (χ1n) is 4.47. The molecule has 1 aromatic rings. The highest BCUT2D eigenvalue weighted by Crippen LogP contribution is 2.19. The number of aliphatic hydroxyl groups is 1. The van der Waals surface area contributed by atoms with Crippen LogP contribution in [-0.2, 0) is 17.4 Å². The predicted molar refractivity (Wildman–Crippen MR) is 53.2 cm³/mol. The summed E-state index contributed by atoms with van der Waals surface area (Å²) in [6.07, 6.45) is 0. The Balaban J connectivity index is 3.12. The van der Waals surface area contributed by atoms with E-state index in [1.54, 1.807) is 14.0 Å². The third kappa shape index (κ3) is 2.16. The molecule has 15 heavy (non-hydrogen) atoms. The van der Waals surface area contributed by atoms with E-state index in [-0.39, 0.29) is 12.2 Å². The van der Waals surface area contributed by atoms with Crippen molar-refractivity contribution in [3.63, 3.8) is 0 Å². The molecule has 0 saturated heterocycles. The fourth-order valence-corrected chi connectivity index (χ4v) is 1.28. The average Bonchev–Trinajstić information content (AvgIpc) is 2.60. The van der Waals surface area contributed by atoms with Crippen molar-refractivity contribution in [2.75, 3.05) is 13.7 Å². The molecule has 0 aromatic carbocycles. The minimum atomic E-state index is -1.20. The summed E-state index contributed by atoms with van der Waals surface area (Å²) in [5.74, 6) is -0.537. The van der Waals surface area contributed by atoms with Gasteiger partial charge in [0, 0.05) is 13.6 Å². The smallest absolute Gasteiger partial charge is 0.358 e. The number of rotatable bonds is 3. The molecule has 0 bridgehead atoms. The van der Waals surface area contributed by atoms with Crippen molar-refractivity contribution in [3.8, 4) is 0 Å². The second-order valence-electron chi connectivity index (χ2n) is 3.51. The lowest BCUT2D eigenvalue weighted by atomic mass is 10.0. The summed E-state index contributed by atoms with van der Waals surface area (Å²) in [5.41, 5.74) is 4.85. The SMILES string of the molecule is COC(=O)c1cc(C(C)(O)CN)n(C)n1. The van der Waals surface area contributed by atoms with Crippen LogP contribution in [0.3, 0.4) is 0 Å². The van der Waals surface area contributed by atoms with Gasteiger partial charge in [-0.25, -0.2) is 4.79 Å². The van der Waals surface area contributed by atoms with Crippen LogP contribution in [0.15, 0.2) is 6.07 Å². The highest BCUT2D eigenvalue weighted by molar-refractivity contribution is 5.87. The summed E-state index contributed by atoms with van der Waals surface area (Å²) >= 11 is 0. The van der Waals surface area contributed by atoms with Crippen molar-refractivity contribution >= 4 is 5.97 Å². The molecular formula is C9H15N3O3. The van der Waals surface area contributed by atoms with Crippen molar-refractivity contribution in [2.45, 2.75) is 12.5 Å². The number of nitrogens with zero attached hydrogens (tertiary/aromatic N) is 2. The monoisotopic (exact) mass is 213 g/mol. The fourth-order valence-electron chi connectivity index (χ4n) is 1.28. The molecule has 0 fully saturated rings. The Kier molecular flexibility index (Phi) is 3.11. The Morgan fingerprint density at radius 2 is 2.40 bits per heavy atom. The van der Waals surface area contributed by atoms with E-state index in [1.807, 2.05) is 0 Å². The molecule has 0 aliphatic heterocycles. The summed E-state index contributed by atoms with van der Waals surface area (Å²) < 4.78 is 5.94. The van der Waals surface area contributed by atoms with Crippen LogP contribution in [0.4, 0.5) is 0 Å². The Morgan fingerprint density at radius 1 is 1.80 bits per heavy atom. The molecule has 1 aromatic heterocycles. The number of esters is 1. The number of hydrogen-bond donors (Lipinski definition) is 2. The van der Waals surface area contributed by atoms with Crippen LogP contribution in [0.1, 0.15) is 23.1 Å². The van der Waals surface area contributed by atoms with Gasteiger partial charge in [0.2, 0.25) is 0 Å². The number of ether oxygens (including phenoxy) is 1. The van der Waals surface area contributed by atoms with E-state index >= 15 is 0 Å². The first-order valence-corrected chi connectivity index (χ1v) is 4.47. The molecule has 0 radical (unpaired) electrons. The van der Waals surface area contributed by atoms with Crippen LogP contribution >= 0.6 is 0 Å². The second kappa shape index (κ2) is 4.00. The average molecular weight is 213 g/mol. The van der Waals surface area contributed by atoms with Gasteiger partial charge in [0.05, 0.1) is 12.8 Å². The number of carbonyl (C=O) groups is 1. The highest BCUT2D eigenvalue weighted by Gasteiger charge is 2.27. The summed E-state index contributed by atoms with van der Waals surface area (Å²) in [7, 11) is 2.91. The molecule has 6 heteroatoms. The first kappa shape index (κ1) is 11.7. The normalized spacial score (nSPS) is 14.7. The van der Waals surface area contributed by atoms with Gasteiger partial charge in [-0.3, -0.25) is 4.68 Å². The molecule has 6 nitrogen and oxygen atoms in total. The van der Waals surface area contributed by atoms with Crippen LogP contribution in [0.2, 0.25) is 0 Å². The summed E-state index contributed by atoms with van der Waals surface area (Å²) in [4.78, 5) is 11.2. The standard InChI is InChI=1S/C9H15N3O3/c1-9(14,5-10)7-4-6(8(13)15-3)11-12(7)2/h4,14H,5,10H2,1-3H3. The van der Waals surface area contributed by atoms with Crippen molar-refractivity contribution < 1.29 is 14.6 Å². The van der Waals surface area contributed by atoms with Crippen LogP contribution in [0, 0.1) is 0 Å². The topological polar surface area (TPSA) is 90.4 Å². The van der Waals surface area contributed by atoms with E-state index in [0.717, 1.165) is 0 Å². The molecule has 0 amide bonds. The number of aromatic nitrogens is 2. The molecule has 0 spiro atoms. The molecule has 0 aliphatic carbocycles. The molecule has 84 valence electrons. The quantitative estimate of drug-likeness (QED) is 0.652. The van der Waals surface area contributed by atoms with E-state index in [1.165, 1.54) is 17.9 Å². The van der Waals surface area contributed by atoms with Gasteiger partial charge < -0.3 is 15.6 Å². The maximum absolute atomic E-state index is 11.2. The van der Waals surface area contributed by atoms with Crippen LogP contribution in [-0.4, -0.2) is 34.5 Å².